The van der Waals surface area contributed by atoms with Gasteiger partial charge in [0.25, 0.3) is 5.91 Å². The number of hydrogen-bond acceptors (Lipinski definition) is 3. The van der Waals surface area contributed by atoms with Gasteiger partial charge < -0.3 is 14.4 Å². The first-order valence-corrected chi connectivity index (χ1v) is 17.6. The highest BCUT2D eigenvalue weighted by Gasteiger charge is 2.59. The number of halogens is 2. The lowest BCUT2D eigenvalue weighted by Crippen LogP contribution is -2.51. The Balaban J connectivity index is 1.15. The topological polar surface area (TPSA) is 38.8 Å². The first-order valence-electron chi connectivity index (χ1n) is 17.6. The summed E-state index contributed by atoms with van der Waals surface area (Å²) in [6.45, 7) is 17.4. The minimum Gasteiger partial charge on any atom is -0.378 e. The highest BCUT2D eigenvalue weighted by molar-refractivity contribution is 5.83. The van der Waals surface area contributed by atoms with Gasteiger partial charge in [0.1, 0.15) is 0 Å². The van der Waals surface area contributed by atoms with Crippen LogP contribution in [0.5, 0.6) is 0 Å². The van der Waals surface area contributed by atoms with Gasteiger partial charge in [-0.25, -0.2) is 0 Å². The molecule has 4 aliphatic carbocycles. The average Bonchev–Trinajstić information content (AvgIpc) is 3.33. The van der Waals surface area contributed by atoms with E-state index in [0.717, 1.165) is 54.8 Å². The number of carbonyl (C=O) groups is 1. The van der Waals surface area contributed by atoms with Gasteiger partial charge in [-0.1, -0.05) is 72.1 Å². The number of morpholine rings is 1. The number of fused-ring (bicyclic) bond motifs is 5. The van der Waals surface area contributed by atoms with Gasteiger partial charge in [-0.2, -0.15) is 8.78 Å². The van der Waals surface area contributed by atoms with E-state index in [-0.39, 0.29) is 31.2 Å². The van der Waals surface area contributed by atoms with Gasteiger partial charge in [0, 0.05) is 19.5 Å². The van der Waals surface area contributed by atoms with E-state index >= 15 is 0 Å². The molecule has 8 atom stereocenters. The molecule has 4 nitrogen and oxygen atoms in total. The van der Waals surface area contributed by atoms with Crippen LogP contribution in [0.4, 0.5) is 8.78 Å². The molecular formula is C37H59F2NO3. The Kier molecular flexibility index (Phi) is 10.2. The second-order valence-corrected chi connectivity index (χ2v) is 16.0. The molecule has 1 aliphatic heterocycles. The molecule has 1 amide bonds. The lowest BCUT2D eigenvalue weighted by Gasteiger charge is -2.58. The summed E-state index contributed by atoms with van der Waals surface area (Å²) in [6.07, 6.45) is 15.8. The third-order valence-corrected chi connectivity index (χ3v) is 12.9. The Bertz CT molecular complexity index is 1030. The normalized spacial score (nSPS) is 36.9. The number of rotatable bonds is 11. The molecule has 0 aromatic heterocycles. The van der Waals surface area contributed by atoms with Gasteiger partial charge in [-0.05, 0) is 103 Å². The van der Waals surface area contributed by atoms with E-state index in [2.05, 4.69) is 47.3 Å². The zero-order chi connectivity index (χ0) is 31.0. The second kappa shape index (κ2) is 13.2. The molecule has 5 aliphatic rings. The van der Waals surface area contributed by atoms with E-state index in [1.807, 2.05) is 0 Å². The summed E-state index contributed by atoms with van der Waals surface area (Å²) in [5.74, 6) is 0.323. The Hall–Kier alpha value is -1.27. The number of hydrogen-bond donors (Lipinski definition) is 0. The van der Waals surface area contributed by atoms with E-state index in [9.17, 15) is 13.6 Å². The lowest BCUT2D eigenvalue weighted by molar-refractivity contribution is -0.161. The quantitative estimate of drug-likeness (QED) is 0.222. The number of carbonyl (C=O) groups excluding carboxylic acids is 1. The van der Waals surface area contributed by atoms with Crippen LogP contribution in [-0.4, -0.2) is 55.7 Å². The van der Waals surface area contributed by atoms with Crippen molar-refractivity contribution in [3.8, 4) is 0 Å². The highest BCUT2D eigenvalue weighted by atomic mass is 19.3. The predicted octanol–water partition coefficient (Wildman–Crippen LogP) is 8.85. The molecule has 5 rings (SSSR count). The van der Waals surface area contributed by atoms with Gasteiger partial charge in [-0.3, -0.25) is 4.79 Å². The molecule has 3 saturated carbocycles. The first-order chi connectivity index (χ1) is 20.3. The summed E-state index contributed by atoms with van der Waals surface area (Å²) < 4.78 is 40.9. The van der Waals surface area contributed by atoms with E-state index < -0.39 is 18.3 Å². The van der Waals surface area contributed by atoms with Gasteiger partial charge in [0.05, 0.1) is 25.9 Å². The average molecular weight is 604 g/mol. The van der Waals surface area contributed by atoms with E-state index in [1.54, 1.807) is 5.57 Å². The number of amides is 1. The molecule has 244 valence electrons. The number of nitrogens with zero attached hydrogens (tertiary/aromatic N) is 1. The summed E-state index contributed by atoms with van der Waals surface area (Å²) >= 11 is 0. The van der Waals surface area contributed by atoms with Gasteiger partial charge >= 0.3 is 5.92 Å². The minimum atomic E-state index is -3.45. The zero-order valence-electron chi connectivity index (χ0n) is 27.8. The van der Waals surface area contributed by atoms with Crippen LogP contribution in [0.1, 0.15) is 112 Å². The molecule has 0 radical (unpaired) electrons. The Morgan fingerprint density at radius 2 is 1.84 bits per heavy atom. The van der Waals surface area contributed by atoms with Gasteiger partial charge in [-0.15, -0.1) is 0 Å². The Labute approximate surface area is 260 Å². The Morgan fingerprint density at radius 3 is 2.56 bits per heavy atom. The van der Waals surface area contributed by atoms with Gasteiger partial charge in [0.15, 0.2) is 0 Å². The van der Waals surface area contributed by atoms with Crippen molar-refractivity contribution in [2.75, 3.05) is 32.9 Å². The van der Waals surface area contributed by atoms with Crippen molar-refractivity contribution in [1.82, 2.24) is 4.90 Å². The number of alkyl halides is 2. The maximum Gasteiger partial charge on any atom is 0.328 e. The zero-order valence-corrected chi connectivity index (χ0v) is 27.8. The Morgan fingerprint density at radius 1 is 1.09 bits per heavy atom. The number of allylic oxidation sites excluding steroid dienone is 1. The molecule has 1 heterocycles. The summed E-state index contributed by atoms with van der Waals surface area (Å²) in [4.78, 5) is 13.6. The fourth-order valence-electron chi connectivity index (χ4n) is 10.5. The van der Waals surface area contributed by atoms with Crippen LogP contribution >= 0.6 is 0 Å². The van der Waals surface area contributed by atoms with Crippen molar-refractivity contribution < 1.29 is 23.0 Å². The van der Waals surface area contributed by atoms with Crippen LogP contribution in [-0.2, 0) is 14.3 Å². The van der Waals surface area contributed by atoms with Crippen molar-refractivity contribution in [3.05, 3.63) is 23.8 Å². The molecule has 0 aromatic rings. The largest absolute Gasteiger partial charge is 0.378 e. The van der Waals surface area contributed by atoms with Crippen LogP contribution in [0.15, 0.2) is 23.8 Å². The summed E-state index contributed by atoms with van der Waals surface area (Å²) in [6, 6.07) is 0. The molecule has 43 heavy (non-hydrogen) atoms. The molecule has 0 unspecified atom stereocenters. The fraction of sp³-hybridized carbons (Fsp3) is 0.865. The van der Waals surface area contributed by atoms with E-state index in [1.165, 1.54) is 56.3 Å². The fourth-order valence-corrected chi connectivity index (χ4v) is 10.5. The molecule has 6 heteroatoms. The molecular weight excluding hydrogens is 544 g/mol. The van der Waals surface area contributed by atoms with Crippen LogP contribution in [0.2, 0.25) is 0 Å². The molecule has 0 spiro atoms. The van der Waals surface area contributed by atoms with Crippen molar-refractivity contribution in [1.29, 1.82) is 0 Å². The molecule has 0 N–H and O–H groups in total. The third-order valence-electron chi connectivity index (χ3n) is 12.9. The predicted molar refractivity (Wildman–Crippen MR) is 169 cm³/mol. The maximum atomic E-state index is 14.8. The number of ether oxygens (including phenoxy) is 2. The van der Waals surface area contributed by atoms with Crippen molar-refractivity contribution in [3.63, 3.8) is 0 Å². The minimum absolute atomic E-state index is 0.0348. The van der Waals surface area contributed by atoms with Crippen molar-refractivity contribution >= 4 is 5.91 Å². The third kappa shape index (κ3) is 6.81. The van der Waals surface area contributed by atoms with E-state index in [0.29, 0.717) is 24.2 Å². The molecule has 0 aromatic carbocycles. The summed E-state index contributed by atoms with van der Waals surface area (Å²) in [7, 11) is 0. The summed E-state index contributed by atoms with van der Waals surface area (Å²) in [5, 5.41) is 0. The van der Waals surface area contributed by atoms with Crippen LogP contribution in [0.3, 0.4) is 0 Å². The van der Waals surface area contributed by atoms with Crippen LogP contribution in [0.25, 0.3) is 0 Å². The van der Waals surface area contributed by atoms with Crippen molar-refractivity contribution in [2.45, 2.75) is 124 Å². The molecule has 1 saturated heterocycles. The monoisotopic (exact) mass is 603 g/mol. The second-order valence-electron chi connectivity index (χ2n) is 16.0. The van der Waals surface area contributed by atoms with Gasteiger partial charge in [0.2, 0.25) is 0 Å². The molecule has 4 fully saturated rings. The molecule has 0 bridgehead atoms. The SMILES string of the molecule is C=C(CO[C@H]1CC[C@@]2(C)C(=CC[C@H]3[C@@H]4CC[C@H]([C@H](C)CCCC(C)C)[C@@]4(C)CC[C@@H]32)C1)CC(F)(F)C(=O)N1CCOCC1. The smallest absolute Gasteiger partial charge is 0.328 e. The highest BCUT2D eigenvalue weighted by Crippen LogP contribution is 2.67. The maximum absolute atomic E-state index is 14.8. The van der Waals surface area contributed by atoms with Crippen molar-refractivity contribution in [2.24, 2.45) is 46.3 Å². The van der Waals surface area contributed by atoms with Crippen LogP contribution in [0, 0.1) is 46.3 Å². The van der Waals surface area contributed by atoms with Crippen LogP contribution < -0.4 is 0 Å². The summed E-state index contributed by atoms with van der Waals surface area (Å²) in [5.41, 5.74) is 2.56. The standard InChI is InChI=1S/C37H59F2NO3/c1-25(2)8-7-9-27(4)31-12-13-32-30-11-10-28-22-29(14-16-35(28,5)33(30)15-17-36(31,32)6)43-24-26(3)23-37(38,39)34(41)40-18-20-42-21-19-40/h10,25,27,29-33H,3,7-9,11-24H2,1-2,4-6H3/t27-,29+,30+,31-,32+,33+,35+,36-/m1/s1. The first kappa shape index (κ1) is 33.1. The van der Waals surface area contributed by atoms with E-state index in [4.69, 9.17) is 9.47 Å². The lowest BCUT2D eigenvalue weighted by atomic mass is 9.47.